The average Bonchev–Trinajstić information content (AvgIpc) is 2.47. The number of benzene rings is 1. The van der Waals surface area contributed by atoms with Crippen molar-refractivity contribution in [1.82, 2.24) is 14.3 Å². The zero-order valence-electron chi connectivity index (χ0n) is 12.1. The number of piperazine rings is 1. The lowest BCUT2D eigenvalue weighted by atomic mass is 10.1. The molecule has 2 rings (SSSR count). The van der Waals surface area contributed by atoms with Crippen molar-refractivity contribution in [3.05, 3.63) is 29.6 Å². The highest BCUT2D eigenvalue weighted by atomic mass is 32.2. The number of nitrogens with zero attached hydrogens (tertiary/aromatic N) is 1. The standard InChI is InChI=1S/C13H20FN3O3S/c1-10(11-3-4-13(20-2)12(14)9-11)16-21(18,19)17-7-5-15-6-8-17/h3-4,9-10,15-16H,5-8H2,1-2H3. The normalized spacial score (nSPS) is 18.4. The number of nitrogens with one attached hydrogen (secondary N) is 2. The summed E-state index contributed by atoms with van der Waals surface area (Å²) < 4.78 is 47.0. The van der Waals surface area contributed by atoms with Gasteiger partial charge >= 0.3 is 0 Å². The van der Waals surface area contributed by atoms with Crippen LogP contribution in [0.4, 0.5) is 4.39 Å². The van der Waals surface area contributed by atoms with Crippen LogP contribution in [0, 0.1) is 5.82 Å². The third-order valence-electron chi connectivity index (χ3n) is 3.42. The van der Waals surface area contributed by atoms with Gasteiger partial charge in [0.2, 0.25) is 0 Å². The Morgan fingerprint density at radius 1 is 1.38 bits per heavy atom. The van der Waals surface area contributed by atoms with Gasteiger partial charge in [0.05, 0.1) is 7.11 Å². The fraction of sp³-hybridized carbons (Fsp3) is 0.538. The molecule has 0 amide bonds. The molecule has 21 heavy (non-hydrogen) atoms. The van der Waals surface area contributed by atoms with Crippen LogP contribution in [0.3, 0.4) is 0 Å². The quantitative estimate of drug-likeness (QED) is 0.836. The minimum absolute atomic E-state index is 0.135. The van der Waals surface area contributed by atoms with Crippen LogP contribution in [0.15, 0.2) is 18.2 Å². The molecule has 1 aromatic carbocycles. The highest BCUT2D eigenvalue weighted by Crippen LogP contribution is 2.22. The van der Waals surface area contributed by atoms with Crippen molar-refractivity contribution in [3.63, 3.8) is 0 Å². The van der Waals surface area contributed by atoms with Crippen molar-refractivity contribution in [2.45, 2.75) is 13.0 Å². The van der Waals surface area contributed by atoms with Crippen molar-refractivity contribution < 1.29 is 17.5 Å². The van der Waals surface area contributed by atoms with Crippen LogP contribution in [-0.2, 0) is 10.2 Å². The summed E-state index contributed by atoms with van der Waals surface area (Å²) in [6, 6.07) is 3.89. The largest absolute Gasteiger partial charge is 0.494 e. The van der Waals surface area contributed by atoms with Crippen LogP contribution in [0.25, 0.3) is 0 Å². The van der Waals surface area contributed by atoms with Crippen LogP contribution in [0.5, 0.6) is 5.75 Å². The maximum atomic E-state index is 13.7. The fourth-order valence-corrected chi connectivity index (χ4v) is 3.60. The predicted molar refractivity (Wildman–Crippen MR) is 77.9 cm³/mol. The summed E-state index contributed by atoms with van der Waals surface area (Å²) >= 11 is 0. The van der Waals surface area contributed by atoms with E-state index in [1.165, 1.54) is 23.5 Å². The molecule has 1 unspecified atom stereocenters. The lowest BCUT2D eigenvalue weighted by molar-refractivity contribution is 0.352. The van der Waals surface area contributed by atoms with Gasteiger partial charge in [-0.05, 0) is 24.6 Å². The molecule has 118 valence electrons. The molecule has 1 fully saturated rings. The van der Waals surface area contributed by atoms with Crippen molar-refractivity contribution in [2.24, 2.45) is 0 Å². The second kappa shape index (κ2) is 6.69. The molecule has 1 heterocycles. The Morgan fingerprint density at radius 2 is 2.05 bits per heavy atom. The van der Waals surface area contributed by atoms with E-state index in [2.05, 4.69) is 10.0 Å². The van der Waals surface area contributed by atoms with E-state index < -0.39 is 22.1 Å². The molecule has 8 heteroatoms. The van der Waals surface area contributed by atoms with Gasteiger partial charge < -0.3 is 10.1 Å². The Balaban J connectivity index is 2.09. The molecule has 0 aliphatic carbocycles. The molecule has 1 saturated heterocycles. The van der Waals surface area contributed by atoms with Gasteiger partial charge in [0.15, 0.2) is 11.6 Å². The van der Waals surface area contributed by atoms with Crippen LogP contribution in [0.2, 0.25) is 0 Å². The SMILES string of the molecule is COc1ccc(C(C)NS(=O)(=O)N2CCNCC2)cc1F. The zero-order chi connectivity index (χ0) is 15.5. The zero-order valence-corrected chi connectivity index (χ0v) is 12.9. The maximum Gasteiger partial charge on any atom is 0.280 e. The van der Waals surface area contributed by atoms with Gasteiger partial charge in [-0.25, -0.2) is 4.39 Å². The highest BCUT2D eigenvalue weighted by Gasteiger charge is 2.25. The second-order valence-electron chi connectivity index (χ2n) is 4.89. The van der Waals surface area contributed by atoms with E-state index in [-0.39, 0.29) is 5.75 Å². The molecule has 0 radical (unpaired) electrons. The van der Waals surface area contributed by atoms with Crippen LogP contribution < -0.4 is 14.8 Å². The Labute approximate surface area is 124 Å². The molecule has 1 aliphatic heterocycles. The fourth-order valence-electron chi connectivity index (χ4n) is 2.20. The number of hydrogen-bond acceptors (Lipinski definition) is 4. The van der Waals surface area contributed by atoms with E-state index >= 15 is 0 Å². The highest BCUT2D eigenvalue weighted by molar-refractivity contribution is 7.87. The van der Waals surface area contributed by atoms with E-state index in [1.54, 1.807) is 13.0 Å². The Bertz CT molecular complexity index is 588. The van der Waals surface area contributed by atoms with E-state index in [0.717, 1.165) is 0 Å². The van der Waals surface area contributed by atoms with Crippen molar-refractivity contribution in [3.8, 4) is 5.75 Å². The molecule has 0 saturated carbocycles. The number of rotatable bonds is 5. The van der Waals surface area contributed by atoms with Crippen LogP contribution in [-0.4, -0.2) is 46.0 Å². The van der Waals surface area contributed by atoms with Gasteiger partial charge in [0.1, 0.15) is 0 Å². The van der Waals surface area contributed by atoms with E-state index in [9.17, 15) is 12.8 Å². The van der Waals surface area contributed by atoms with Crippen LogP contribution >= 0.6 is 0 Å². The van der Waals surface area contributed by atoms with Gasteiger partial charge in [0.25, 0.3) is 10.2 Å². The Morgan fingerprint density at radius 3 is 2.62 bits per heavy atom. The molecule has 1 aliphatic rings. The number of ether oxygens (including phenoxy) is 1. The first kappa shape index (κ1) is 16.2. The molecule has 0 spiro atoms. The van der Waals surface area contributed by atoms with Gasteiger partial charge in [-0.3, -0.25) is 0 Å². The maximum absolute atomic E-state index is 13.7. The summed E-state index contributed by atoms with van der Waals surface area (Å²) in [6.07, 6.45) is 0. The third kappa shape index (κ3) is 3.91. The summed E-state index contributed by atoms with van der Waals surface area (Å²) in [7, 11) is -2.19. The summed E-state index contributed by atoms with van der Waals surface area (Å²) in [6.45, 7) is 3.80. The first-order valence-corrected chi connectivity index (χ1v) is 8.19. The average molecular weight is 317 g/mol. The number of methoxy groups -OCH3 is 1. The topological polar surface area (TPSA) is 70.7 Å². The summed E-state index contributed by atoms with van der Waals surface area (Å²) in [4.78, 5) is 0. The van der Waals surface area contributed by atoms with E-state index in [1.807, 2.05) is 0 Å². The van der Waals surface area contributed by atoms with E-state index in [4.69, 9.17) is 4.74 Å². The van der Waals surface area contributed by atoms with Gasteiger partial charge in [-0.1, -0.05) is 6.07 Å². The Kier molecular flexibility index (Phi) is 5.15. The minimum atomic E-state index is -3.57. The van der Waals surface area contributed by atoms with E-state index in [0.29, 0.717) is 31.7 Å². The first-order valence-electron chi connectivity index (χ1n) is 6.75. The molecule has 1 atom stereocenters. The second-order valence-corrected chi connectivity index (χ2v) is 6.59. The summed E-state index contributed by atoms with van der Waals surface area (Å²) in [5.41, 5.74) is 0.548. The predicted octanol–water partition coefficient (Wildman–Crippen LogP) is 0.635. The lowest BCUT2D eigenvalue weighted by Crippen LogP contribution is -2.50. The smallest absolute Gasteiger partial charge is 0.280 e. The monoisotopic (exact) mass is 317 g/mol. The lowest BCUT2D eigenvalue weighted by Gasteiger charge is -2.28. The molecule has 2 N–H and O–H groups in total. The van der Waals surface area contributed by atoms with Crippen LogP contribution in [0.1, 0.15) is 18.5 Å². The molecule has 0 bridgehead atoms. The van der Waals surface area contributed by atoms with Gasteiger partial charge in [-0.15, -0.1) is 0 Å². The molecule has 1 aromatic rings. The van der Waals surface area contributed by atoms with Gasteiger partial charge in [0, 0.05) is 32.2 Å². The minimum Gasteiger partial charge on any atom is -0.494 e. The summed E-state index contributed by atoms with van der Waals surface area (Å²) in [5.74, 6) is -0.376. The van der Waals surface area contributed by atoms with Gasteiger partial charge in [-0.2, -0.15) is 17.4 Å². The molecular formula is C13H20FN3O3S. The molecular weight excluding hydrogens is 297 g/mol. The Hall–Kier alpha value is -1.22. The molecule has 0 aromatic heterocycles. The first-order chi connectivity index (χ1) is 9.94. The van der Waals surface area contributed by atoms with Crippen molar-refractivity contribution in [1.29, 1.82) is 0 Å². The summed E-state index contributed by atoms with van der Waals surface area (Å²) in [5, 5.41) is 3.09. The number of hydrogen-bond donors (Lipinski definition) is 2. The number of halogens is 1. The van der Waals surface area contributed by atoms with Crippen molar-refractivity contribution in [2.75, 3.05) is 33.3 Å². The van der Waals surface area contributed by atoms with Crippen molar-refractivity contribution >= 4 is 10.2 Å². The third-order valence-corrected chi connectivity index (χ3v) is 5.11. The molecule has 6 nitrogen and oxygen atoms in total.